The highest BCUT2D eigenvalue weighted by Gasteiger charge is 2.33. The van der Waals surface area contributed by atoms with Crippen molar-refractivity contribution in [1.82, 2.24) is 9.80 Å². The van der Waals surface area contributed by atoms with E-state index in [0.29, 0.717) is 12.3 Å². The van der Waals surface area contributed by atoms with Crippen LogP contribution >= 0.6 is 24.0 Å². The van der Waals surface area contributed by atoms with Gasteiger partial charge in [0.05, 0.1) is 5.03 Å². The summed E-state index contributed by atoms with van der Waals surface area (Å²) in [5, 5.41) is 1.46. The third-order valence-electron chi connectivity index (χ3n) is 3.17. The van der Waals surface area contributed by atoms with Gasteiger partial charge in [-0.25, -0.2) is 0 Å². The van der Waals surface area contributed by atoms with E-state index in [1.165, 1.54) is 9.93 Å². The Kier molecular flexibility index (Phi) is 4.52. The molecule has 2 saturated heterocycles. The molecule has 2 rings (SSSR count). The van der Waals surface area contributed by atoms with E-state index in [-0.39, 0.29) is 11.1 Å². The van der Waals surface area contributed by atoms with Crippen molar-refractivity contribution in [3.63, 3.8) is 0 Å². The highest BCUT2D eigenvalue weighted by Crippen LogP contribution is 2.30. The van der Waals surface area contributed by atoms with E-state index in [4.69, 9.17) is 17.0 Å². The Morgan fingerprint density at radius 2 is 2.21 bits per heavy atom. The second-order valence-corrected chi connectivity index (χ2v) is 5.80. The standard InChI is InChI=1S/C13H18N2O2S2/c1-4-14-6-7-19-10(14)8-9(3)11-12(16)15(5-2)13(18)17-11/h8H,4-7H2,1-3H3/b10-8+,11-9-. The van der Waals surface area contributed by atoms with Gasteiger partial charge in [0.2, 0.25) is 0 Å². The van der Waals surface area contributed by atoms with Gasteiger partial charge in [-0.1, -0.05) is 0 Å². The van der Waals surface area contributed by atoms with Gasteiger partial charge in [0, 0.05) is 31.0 Å². The molecule has 2 heterocycles. The topological polar surface area (TPSA) is 32.8 Å². The first kappa shape index (κ1) is 14.4. The van der Waals surface area contributed by atoms with Crippen LogP contribution in [0.3, 0.4) is 0 Å². The summed E-state index contributed by atoms with van der Waals surface area (Å²) >= 11 is 6.86. The minimum atomic E-state index is -0.132. The van der Waals surface area contributed by atoms with Crippen LogP contribution in [0.15, 0.2) is 22.4 Å². The summed E-state index contributed by atoms with van der Waals surface area (Å²) in [4.78, 5) is 15.9. The van der Waals surface area contributed by atoms with Crippen molar-refractivity contribution < 1.29 is 9.53 Å². The number of thiocarbonyl (C=S) groups is 1. The molecule has 6 heteroatoms. The summed E-state index contributed by atoms with van der Waals surface area (Å²) in [5.41, 5.74) is 0.839. The van der Waals surface area contributed by atoms with Gasteiger partial charge >= 0.3 is 0 Å². The van der Waals surface area contributed by atoms with Crippen LogP contribution in [0.2, 0.25) is 0 Å². The average Bonchev–Trinajstić information content (AvgIpc) is 2.94. The molecule has 0 aromatic rings. The molecule has 4 nitrogen and oxygen atoms in total. The van der Waals surface area contributed by atoms with Crippen molar-refractivity contribution >= 4 is 35.1 Å². The lowest BCUT2D eigenvalue weighted by Gasteiger charge is -2.16. The van der Waals surface area contributed by atoms with E-state index in [0.717, 1.165) is 24.4 Å². The van der Waals surface area contributed by atoms with Gasteiger partial charge in [-0.05, 0) is 39.1 Å². The Bertz CT molecular complexity index is 471. The molecule has 1 amide bonds. The monoisotopic (exact) mass is 298 g/mol. The zero-order valence-corrected chi connectivity index (χ0v) is 13.1. The zero-order chi connectivity index (χ0) is 14.0. The first-order chi connectivity index (χ1) is 9.08. The molecule has 0 aromatic carbocycles. The predicted octanol–water partition coefficient (Wildman–Crippen LogP) is 2.33. The molecular weight excluding hydrogens is 280 g/mol. The van der Waals surface area contributed by atoms with Gasteiger partial charge in [0.15, 0.2) is 5.76 Å². The van der Waals surface area contributed by atoms with Crippen LogP contribution in [0.4, 0.5) is 0 Å². The van der Waals surface area contributed by atoms with E-state index in [1.807, 2.05) is 31.7 Å². The Balaban J connectivity index is 2.26. The number of allylic oxidation sites excluding steroid dienone is 2. The third kappa shape index (κ3) is 2.79. The number of nitrogens with zero attached hydrogens (tertiary/aromatic N) is 2. The number of ether oxygens (including phenoxy) is 1. The van der Waals surface area contributed by atoms with Crippen LogP contribution in [0.25, 0.3) is 0 Å². The summed E-state index contributed by atoms with van der Waals surface area (Å²) < 4.78 is 5.43. The lowest BCUT2D eigenvalue weighted by atomic mass is 10.2. The van der Waals surface area contributed by atoms with Crippen LogP contribution in [-0.4, -0.2) is 46.3 Å². The maximum Gasteiger partial charge on any atom is 0.297 e. The molecule has 0 aliphatic carbocycles. The van der Waals surface area contributed by atoms with Crippen molar-refractivity contribution in [3.05, 3.63) is 22.4 Å². The summed E-state index contributed by atoms with van der Waals surface area (Å²) in [6, 6.07) is 0. The van der Waals surface area contributed by atoms with Crippen LogP contribution in [0, 0.1) is 0 Å². The fourth-order valence-electron chi connectivity index (χ4n) is 2.07. The van der Waals surface area contributed by atoms with Crippen molar-refractivity contribution in [2.24, 2.45) is 0 Å². The van der Waals surface area contributed by atoms with Crippen molar-refractivity contribution in [2.45, 2.75) is 20.8 Å². The third-order valence-corrected chi connectivity index (χ3v) is 4.53. The van der Waals surface area contributed by atoms with Crippen molar-refractivity contribution in [2.75, 3.05) is 25.4 Å². The van der Waals surface area contributed by atoms with Crippen LogP contribution in [0.1, 0.15) is 20.8 Å². The van der Waals surface area contributed by atoms with Gasteiger partial charge in [0.1, 0.15) is 0 Å². The highest BCUT2D eigenvalue weighted by molar-refractivity contribution is 8.03. The largest absolute Gasteiger partial charge is 0.425 e. The lowest BCUT2D eigenvalue weighted by Crippen LogP contribution is -2.28. The Morgan fingerprint density at radius 3 is 2.79 bits per heavy atom. The number of hydrogen-bond donors (Lipinski definition) is 0. The Labute approximate surface area is 123 Å². The minimum Gasteiger partial charge on any atom is -0.425 e. The molecule has 0 saturated carbocycles. The molecule has 0 spiro atoms. The molecule has 2 aliphatic rings. The van der Waals surface area contributed by atoms with E-state index in [2.05, 4.69) is 11.8 Å². The zero-order valence-electron chi connectivity index (χ0n) is 11.4. The summed E-state index contributed by atoms with van der Waals surface area (Å²) in [7, 11) is 0. The van der Waals surface area contributed by atoms with Crippen LogP contribution in [0.5, 0.6) is 0 Å². The maximum absolute atomic E-state index is 12.1. The number of carbonyl (C=O) groups is 1. The molecule has 2 aliphatic heterocycles. The average molecular weight is 298 g/mol. The number of likely N-dealkylation sites (N-methyl/N-ethyl adjacent to an activating group) is 1. The molecule has 0 N–H and O–H groups in total. The van der Waals surface area contributed by atoms with Crippen LogP contribution < -0.4 is 0 Å². The minimum absolute atomic E-state index is 0.132. The van der Waals surface area contributed by atoms with Gasteiger partial charge in [-0.15, -0.1) is 11.8 Å². The summed E-state index contributed by atoms with van der Waals surface area (Å²) in [5.74, 6) is 1.33. The number of thioether (sulfide) groups is 1. The number of hydrogen-bond acceptors (Lipinski definition) is 5. The quantitative estimate of drug-likeness (QED) is 0.590. The molecule has 0 radical (unpaired) electrons. The number of amides is 1. The summed E-state index contributed by atoms with van der Waals surface area (Å²) in [6.07, 6.45) is 2.02. The Morgan fingerprint density at radius 1 is 1.47 bits per heavy atom. The van der Waals surface area contributed by atoms with Crippen molar-refractivity contribution in [3.8, 4) is 0 Å². The van der Waals surface area contributed by atoms with E-state index >= 15 is 0 Å². The number of rotatable bonds is 3. The van der Waals surface area contributed by atoms with E-state index < -0.39 is 0 Å². The smallest absolute Gasteiger partial charge is 0.297 e. The second kappa shape index (κ2) is 5.96. The fraction of sp³-hybridized carbons (Fsp3) is 0.538. The molecule has 2 fully saturated rings. The molecule has 0 atom stereocenters. The van der Waals surface area contributed by atoms with E-state index in [1.54, 1.807) is 0 Å². The highest BCUT2D eigenvalue weighted by atomic mass is 32.2. The first-order valence-corrected chi connectivity index (χ1v) is 7.81. The van der Waals surface area contributed by atoms with Crippen molar-refractivity contribution in [1.29, 1.82) is 0 Å². The molecule has 19 heavy (non-hydrogen) atoms. The SMILES string of the molecule is CCN1C(=O)/C(=C(C)/C=C2/SCCN2CC)OC1=S. The molecular formula is C13H18N2O2S2. The normalized spacial score (nSPS) is 24.5. The first-order valence-electron chi connectivity index (χ1n) is 6.42. The maximum atomic E-state index is 12.1. The Hall–Kier alpha value is -1.01. The number of carbonyl (C=O) groups excluding carboxylic acids is 1. The van der Waals surface area contributed by atoms with E-state index in [9.17, 15) is 4.79 Å². The molecule has 0 bridgehead atoms. The van der Waals surface area contributed by atoms with Gasteiger partial charge in [0.25, 0.3) is 11.1 Å². The predicted molar refractivity (Wildman–Crippen MR) is 81.6 cm³/mol. The molecule has 104 valence electrons. The molecule has 0 unspecified atom stereocenters. The van der Waals surface area contributed by atoms with Gasteiger partial charge in [-0.2, -0.15) is 0 Å². The van der Waals surface area contributed by atoms with Gasteiger partial charge < -0.3 is 9.64 Å². The molecule has 0 aromatic heterocycles. The van der Waals surface area contributed by atoms with Crippen LogP contribution in [-0.2, 0) is 9.53 Å². The fourth-order valence-corrected chi connectivity index (χ4v) is 3.55. The second-order valence-electron chi connectivity index (χ2n) is 4.34. The summed E-state index contributed by atoms with van der Waals surface area (Å²) in [6.45, 7) is 8.50. The lowest BCUT2D eigenvalue weighted by molar-refractivity contribution is -0.122. The van der Waals surface area contributed by atoms with Gasteiger partial charge in [-0.3, -0.25) is 9.69 Å².